The third-order valence-corrected chi connectivity index (χ3v) is 5.89. The second-order valence-corrected chi connectivity index (χ2v) is 8.52. The van der Waals surface area contributed by atoms with Gasteiger partial charge in [0.05, 0.1) is 30.1 Å². The first-order valence-corrected chi connectivity index (χ1v) is 11.0. The Balaban J connectivity index is 1.59. The zero-order valence-electron chi connectivity index (χ0n) is 18.7. The lowest BCUT2D eigenvalue weighted by atomic mass is 10.2. The van der Waals surface area contributed by atoms with Crippen molar-refractivity contribution in [3.8, 4) is 11.5 Å². The lowest BCUT2D eigenvalue weighted by molar-refractivity contribution is -0.384. The smallest absolute Gasteiger partial charge is 0.270 e. The fraction of sp³-hybridized carbons (Fsp3) is 0.167. The van der Waals surface area contributed by atoms with Crippen molar-refractivity contribution in [3.05, 3.63) is 82.4 Å². The van der Waals surface area contributed by atoms with Crippen LogP contribution in [0, 0.1) is 10.1 Å². The van der Waals surface area contributed by atoms with Gasteiger partial charge in [-0.1, -0.05) is 6.07 Å². The highest BCUT2D eigenvalue weighted by molar-refractivity contribution is 8.00. The molecule has 0 aromatic heterocycles. The molecule has 0 saturated carbocycles. The van der Waals surface area contributed by atoms with E-state index in [4.69, 9.17) is 9.47 Å². The number of hydrogen-bond acceptors (Lipinski definition) is 7. The molecule has 3 aromatic carbocycles. The SMILES string of the molecule is COc1ccc(NC(=O)C(C)Sc2ccc(NC(=O)c3cccc([N+](=O)[O-])c3)cc2)c(OC)c1. The quantitative estimate of drug-likeness (QED) is 0.251. The van der Waals surface area contributed by atoms with Crippen LogP contribution >= 0.6 is 11.8 Å². The molecule has 9 nitrogen and oxygen atoms in total. The molecule has 1 unspecified atom stereocenters. The number of carbonyl (C=O) groups is 2. The Bertz CT molecular complexity index is 1200. The highest BCUT2D eigenvalue weighted by Gasteiger charge is 2.17. The molecular weight excluding hydrogens is 458 g/mol. The van der Waals surface area contributed by atoms with E-state index in [1.165, 1.54) is 43.1 Å². The molecule has 0 aliphatic carbocycles. The van der Waals surface area contributed by atoms with Crippen LogP contribution in [0.1, 0.15) is 17.3 Å². The van der Waals surface area contributed by atoms with E-state index in [0.717, 1.165) is 4.90 Å². The van der Waals surface area contributed by atoms with E-state index >= 15 is 0 Å². The number of benzene rings is 3. The number of thioether (sulfide) groups is 1. The Kier molecular flexibility index (Phi) is 8.10. The van der Waals surface area contributed by atoms with Crippen LogP contribution in [-0.4, -0.2) is 36.2 Å². The summed E-state index contributed by atoms with van der Waals surface area (Å²) in [6, 6.07) is 17.6. The molecule has 34 heavy (non-hydrogen) atoms. The van der Waals surface area contributed by atoms with Gasteiger partial charge in [-0.2, -0.15) is 0 Å². The predicted molar refractivity (Wildman–Crippen MR) is 131 cm³/mol. The molecule has 0 saturated heterocycles. The van der Waals surface area contributed by atoms with Gasteiger partial charge in [0.2, 0.25) is 5.91 Å². The lowest BCUT2D eigenvalue weighted by Crippen LogP contribution is -2.22. The van der Waals surface area contributed by atoms with E-state index in [1.807, 2.05) is 0 Å². The number of amides is 2. The summed E-state index contributed by atoms with van der Waals surface area (Å²) < 4.78 is 10.5. The molecule has 0 aliphatic heterocycles. The van der Waals surface area contributed by atoms with Crippen LogP contribution in [0.5, 0.6) is 11.5 Å². The Hall–Kier alpha value is -4.05. The zero-order valence-corrected chi connectivity index (χ0v) is 19.5. The summed E-state index contributed by atoms with van der Waals surface area (Å²) in [5, 5.41) is 16.1. The van der Waals surface area contributed by atoms with Crippen molar-refractivity contribution in [1.82, 2.24) is 0 Å². The van der Waals surface area contributed by atoms with Gasteiger partial charge < -0.3 is 20.1 Å². The number of nitrogens with one attached hydrogen (secondary N) is 2. The lowest BCUT2D eigenvalue weighted by Gasteiger charge is -2.15. The number of nitro groups is 1. The number of non-ortho nitro benzene ring substituents is 1. The van der Waals surface area contributed by atoms with Gasteiger partial charge in [-0.25, -0.2) is 0 Å². The summed E-state index contributed by atoms with van der Waals surface area (Å²) in [4.78, 5) is 36.2. The maximum absolute atomic E-state index is 12.7. The second-order valence-electron chi connectivity index (χ2n) is 7.10. The van der Waals surface area contributed by atoms with Crippen LogP contribution in [0.3, 0.4) is 0 Å². The van der Waals surface area contributed by atoms with E-state index in [9.17, 15) is 19.7 Å². The highest BCUT2D eigenvalue weighted by Crippen LogP contribution is 2.31. The van der Waals surface area contributed by atoms with Crippen molar-refractivity contribution in [2.75, 3.05) is 24.9 Å². The van der Waals surface area contributed by atoms with Crippen molar-refractivity contribution in [1.29, 1.82) is 0 Å². The molecule has 2 amide bonds. The Labute approximate surface area is 200 Å². The fourth-order valence-corrected chi connectivity index (χ4v) is 3.84. The van der Waals surface area contributed by atoms with Gasteiger partial charge in [0.15, 0.2) is 0 Å². The minimum atomic E-state index is -0.551. The van der Waals surface area contributed by atoms with Gasteiger partial charge in [0.25, 0.3) is 11.6 Å². The van der Waals surface area contributed by atoms with E-state index in [2.05, 4.69) is 10.6 Å². The number of hydrogen-bond donors (Lipinski definition) is 2. The van der Waals surface area contributed by atoms with Gasteiger partial charge in [-0.05, 0) is 49.4 Å². The molecule has 2 N–H and O–H groups in total. The van der Waals surface area contributed by atoms with Gasteiger partial charge >= 0.3 is 0 Å². The Morgan fingerprint density at radius 1 is 0.971 bits per heavy atom. The molecule has 0 fully saturated rings. The van der Waals surface area contributed by atoms with Crippen molar-refractivity contribution in [2.45, 2.75) is 17.1 Å². The largest absolute Gasteiger partial charge is 0.497 e. The number of ether oxygens (including phenoxy) is 2. The summed E-state index contributed by atoms with van der Waals surface area (Å²) in [5.74, 6) is 0.463. The van der Waals surface area contributed by atoms with Crippen LogP contribution in [-0.2, 0) is 4.79 Å². The van der Waals surface area contributed by atoms with Crippen molar-refractivity contribution in [2.24, 2.45) is 0 Å². The normalized spacial score (nSPS) is 11.3. The third kappa shape index (κ3) is 6.26. The number of carbonyl (C=O) groups excluding carboxylic acids is 2. The van der Waals surface area contributed by atoms with Crippen LogP contribution in [0.4, 0.5) is 17.1 Å². The van der Waals surface area contributed by atoms with Crippen molar-refractivity contribution >= 4 is 40.6 Å². The summed E-state index contributed by atoms with van der Waals surface area (Å²) in [6.07, 6.45) is 0. The molecule has 0 spiro atoms. The first-order chi connectivity index (χ1) is 16.3. The van der Waals surface area contributed by atoms with E-state index in [-0.39, 0.29) is 17.2 Å². The summed E-state index contributed by atoms with van der Waals surface area (Å²) in [7, 11) is 3.07. The molecule has 0 radical (unpaired) electrons. The van der Waals surface area contributed by atoms with Crippen LogP contribution < -0.4 is 20.1 Å². The molecule has 0 aliphatic rings. The number of anilines is 2. The first kappa shape index (κ1) is 24.6. The van der Waals surface area contributed by atoms with Crippen molar-refractivity contribution in [3.63, 3.8) is 0 Å². The number of nitrogens with zero attached hydrogens (tertiary/aromatic N) is 1. The molecule has 0 bridgehead atoms. The summed E-state index contributed by atoms with van der Waals surface area (Å²) >= 11 is 1.36. The standard InChI is InChI=1S/C24H23N3O6S/c1-15(23(28)26-21-12-9-19(32-2)14-22(21)33-3)34-20-10-7-17(8-11-20)25-24(29)16-5-4-6-18(13-16)27(30)31/h4-15H,1-3H3,(H,25,29)(H,26,28). The Morgan fingerprint density at radius 2 is 1.71 bits per heavy atom. The minimum Gasteiger partial charge on any atom is -0.497 e. The van der Waals surface area contributed by atoms with E-state index in [0.29, 0.717) is 22.9 Å². The maximum Gasteiger partial charge on any atom is 0.270 e. The molecule has 10 heteroatoms. The van der Waals surface area contributed by atoms with Crippen LogP contribution in [0.2, 0.25) is 0 Å². The maximum atomic E-state index is 12.7. The number of nitro benzene ring substituents is 1. The number of methoxy groups -OCH3 is 2. The summed E-state index contributed by atoms with van der Waals surface area (Å²) in [5.41, 5.74) is 1.10. The summed E-state index contributed by atoms with van der Waals surface area (Å²) in [6.45, 7) is 1.79. The van der Waals surface area contributed by atoms with Gasteiger partial charge in [-0.15, -0.1) is 11.8 Å². The first-order valence-electron chi connectivity index (χ1n) is 10.2. The van der Waals surface area contributed by atoms with Crippen LogP contribution in [0.15, 0.2) is 71.6 Å². The second kappa shape index (κ2) is 11.2. The monoisotopic (exact) mass is 481 g/mol. The fourth-order valence-electron chi connectivity index (χ4n) is 2.97. The Morgan fingerprint density at radius 3 is 2.35 bits per heavy atom. The average molecular weight is 482 g/mol. The zero-order chi connectivity index (χ0) is 24.7. The third-order valence-electron chi connectivity index (χ3n) is 4.78. The number of rotatable bonds is 9. The highest BCUT2D eigenvalue weighted by atomic mass is 32.2. The van der Waals surface area contributed by atoms with Gasteiger partial charge in [-0.3, -0.25) is 19.7 Å². The van der Waals surface area contributed by atoms with Crippen molar-refractivity contribution < 1.29 is 24.0 Å². The average Bonchev–Trinajstić information content (AvgIpc) is 2.85. The topological polar surface area (TPSA) is 120 Å². The van der Waals surface area contributed by atoms with Gasteiger partial charge in [0, 0.05) is 34.3 Å². The van der Waals surface area contributed by atoms with E-state index in [1.54, 1.807) is 56.5 Å². The van der Waals surface area contributed by atoms with E-state index < -0.39 is 16.1 Å². The molecule has 3 aromatic rings. The molecule has 3 rings (SSSR count). The van der Waals surface area contributed by atoms with Gasteiger partial charge in [0.1, 0.15) is 11.5 Å². The minimum absolute atomic E-state index is 0.154. The predicted octanol–water partition coefficient (Wildman–Crippen LogP) is 4.98. The molecule has 0 heterocycles. The van der Waals surface area contributed by atoms with Crippen LogP contribution in [0.25, 0.3) is 0 Å². The molecule has 1 atom stereocenters. The molecule has 176 valence electrons. The molecular formula is C24H23N3O6S.